The van der Waals surface area contributed by atoms with Crippen molar-refractivity contribution < 1.29 is 33.2 Å². The number of carbonyl (C=O) groups excluding carboxylic acids is 1. The van der Waals surface area contributed by atoms with Crippen LogP contribution in [-0.4, -0.2) is 41.5 Å². The maximum atomic E-state index is 12.4. The van der Waals surface area contributed by atoms with Crippen molar-refractivity contribution in [3.05, 3.63) is 53.1 Å². The fraction of sp³-hybridized carbons (Fsp3) is 0.227. The van der Waals surface area contributed by atoms with Crippen LogP contribution >= 0.6 is 0 Å². The smallest absolute Gasteiger partial charge is 0.343 e. The Bertz CT molecular complexity index is 964. The Labute approximate surface area is 169 Å². The fourth-order valence-electron chi connectivity index (χ4n) is 2.99. The Morgan fingerprint density at radius 2 is 1.45 bits per heavy atom. The monoisotopic (exact) mass is 398 g/mol. The van der Waals surface area contributed by atoms with Crippen LogP contribution in [0.1, 0.15) is 11.1 Å². The van der Waals surface area contributed by atoms with Gasteiger partial charge in [0.05, 0.1) is 46.7 Å². The predicted octanol–water partition coefficient (Wildman–Crippen LogP) is 3.71. The van der Waals surface area contributed by atoms with Gasteiger partial charge in [-0.1, -0.05) is 0 Å². The molecule has 1 aliphatic rings. The van der Waals surface area contributed by atoms with E-state index in [0.29, 0.717) is 51.2 Å². The molecule has 0 aromatic heterocycles. The molecule has 0 amide bonds. The molecule has 29 heavy (non-hydrogen) atoms. The number of ether oxygens (including phenoxy) is 6. The molecule has 0 unspecified atom stereocenters. The van der Waals surface area contributed by atoms with Crippen molar-refractivity contribution in [1.29, 1.82) is 0 Å². The first-order valence-corrected chi connectivity index (χ1v) is 8.72. The SMILES string of the molecule is COc1ccc(OC)c(C2=C/C(=C/c3cc(OC)c(OC)c(OC)c3)C(=O)O2)c1. The fourth-order valence-corrected chi connectivity index (χ4v) is 2.99. The van der Waals surface area contributed by atoms with E-state index in [1.54, 1.807) is 56.7 Å². The van der Waals surface area contributed by atoms with Crippen molar-refractivity contribution in [2.24, 2.45) is 0 Å². The van der Waals surface area contributed by atoms with Gasteiger partial charge >= 0.3 is 5.97 Å². The molecule has 0 fully saturated rings. The summed E-state index contributed by atoms with van der Waals surface area (Å²) in [5.74, 6) is 2.55. The lowest BCUT2D eigenvalue weighted by Gasteiger charge is -2.12. The van der Waals surface area contributed by atoms with Gasteiger partial charge in [0.25, 0.3) is 0 Å². The zero-order valence-electron chi connectivity index (χ0n) is 16.9. The molecule has 0 atom stereocenters. The summed E-state index contributed by atoms with van der Waals surface area (Å²) in [6.45, 7) is 0. The molecule has 0 radical (unpaired) electrons. The van der Waals surface area contributed by atoms with E-state index in [1.807, 2.05) is 0 Å². The number of benzene rings is 2. The van der Waals surface area contributed by atoms with E-state index in [1.165, 1.54) is 21.3 Å². The van der Waals surface area contributed by atoms with Crippen LogP contribution in [0.25, 0.3) is 11.8 Å². The number of methoxy groups -OCH3 is 5. The second kappa shape index (κ2) is 8.60. The number of carbonyl (C=O) groups is 1. The highest BCUT2D eigenvalue weighted by Gasteiger charge is 2.25. The van der Waals surface area contributed by atoms with Crippen molar-refractivity contribution >= 4 is 17.8 Å². The van der Waals surface area contributed by atoms with Crippen molar-refractivity contribution in [3.8, 4) is 28.7 Å². The molecule has 3 rings (SSSR count). The van der Waals surface area contributed by atoms with Crippen LogP contribution in [0.3, 0.4) is 0 Å². The van der Waals surface area contributed by atoms with Crippen LogP contribution in [0.2, 0.25) is 0 Å². The van der Waals surface area contributed by atoms with Gasteiger partial charge < -0.3 is 28.4 Å². The number of cyclic esters (lactones) is 1. The Kier molecular flexibility index (Phi) is 5.97. The van der Waals surface area contributed by atoms with Crippen LogP contribution in [-0.2, 0) is 9.53 Å². The highest BCUT2D eigenvalue weighted by molar-refractivity contribution is 6.05. The lowest BCUT2D eigenvalue weighted by molar-refractivity contribution is -0.130. The molecule has 2 aromatic carbocycles. The summed E-state index contributed by atoms with van der Waals surface area (Å²) in [5, 5.41) is 0. The predicted molar refractivity (Wildman–Crippen MR) is 108 cm³/mol. The molecule has 7 nitrogen and oxygen atoms in total. The first kappa shape index (κ1) is 20.1. The standard InChI is InChI=1S/C22H22O7/c1-24-15-6-7-17(25-2)16(12-15)18-11-14(22(23)29-18)8-13-9-19(26-3)21(28-5)20(10-13)27-4/h6-12H,1-5H3/b14-8-. The van der Waals surface area contributed by atoms with Gasteiger partial charge in [-0.3, -0.25) is 0 Å². The second-order valence-electron chi connectivity index (χ2n) is 6.02. The minimum Gasteiger partial charge on any atom is -0.497 e. The normalized spacial score (nSPS) is 14.3. The van der Waals surface area contributed by atoms with E-state index >= 15 is 0 Å². The summed E-state index contributed by atoms with van der Waals surface area (Å²) >= 11 is 0. The third-order valence-electron chi connectivity index (χ3n) is 4.41. The molecule has 2 aromatic rings. The summed E-state index contributed by atoms with van der Waals surface area (Å²) in [6.07, 6.45) is 3.34. The average Bonchev–Trinajstić information content (AvgIpc) is 3.12. The molecule has 0 saturated carbocycles. The zero-order chi connectivity index (χ0) is 21.0. The number of hydrogen-bond acceptors (Lipinski definition) is 7. The third-order valence-corrected chi connectivity index (χ3v) is 4.41. The van der Waals surface area contributed by atoms with E-state index in [-0.39, 0.29) is 0 Å². The lowest BCUT2D eigenvalue weighted by Crippen LogP contribution is -1.99. The minimum absolute atomic E-state index is 0.374. The maximum Gasteiger partial charge on any atom is 0.343 e. The topological polar surface area (TPSA) is 72.5 Å². The lowest BCUT2D eigenvalue weighted by atomic mass is 10.1. The maximum absolute atomic E-state index is 12.4. The van der Waals surface area contributed by atoms with Crippen molar-refractivity contribution in [2.75, 3.05) is 35.5 Å². The minimum atomic E-state index is -0.473. The molecule has 0 saturated heterocycles. The largest absolute Gasteiger partial charge is 0.497 e. The van der Waals surface area contributed by atoms with E-state index in [9.17, 15) is 4.79 Å². The molecule has 7 heteroatoms. The van der Waals surface area contributed by atoms with Gasteiger partial charge in [-0.25, -0.2) is 4.79 Å². The van der Waals surface area contributed by atoms with Gasteiger partial charge in [0.1, 0.15) is 17.3 Å². The number of esters is 1. The summed E-state index contributed by atoms with van der Waals surface area (Å²) in [7, 11) is 7.71. The van der Waals surface area contributed by atoms with E-state index in [0.717, 1.165) is 0 Å². The van der Waals surface area contributed by atoms with E-state index in [4.69, 9.17) is 28.4 Å². The van der Waals surface area contributed by atoms with Crippen molar-refractivity contribution in [3.63, 3.8) is 0 Å². The Hall–Kier alpha value is -3.61. The van der Waals surface area contributed by atoms with Gasteiger partial charge in [0.2, 0.25) is 5.75 Å². The molecule has 152 valence electrons. The summed E-state index contributed by atoms with van der Waals surface area (Å²) < 4.78 is 32.1. The van der Waals surface area contributed by atoms with Crippen LogP contribution in [0.15, 0.2) is 42.0 Å². The zero-order valence-corrected chi connectivity index (χ0v) is 16.9. The third kappa shape index (κ3) is 3.99. The Morgan fingerprint density at radius 1 is 0.793 bits per heavy atom. The Morgan fingerprint density at radius 3 is 2.00 bits per heavy atom. The molecule has 0 N–H and O–H groups in total. The van der Waals surface area contributed by atoms with Gasteiger partial charge in [0.15, 0.2) is 11.5 Å². The molecule has 1 heterocycles. The van der Waals surface area contributed by atoms with Crippen LogP contribution < -0.4 is 23.7 Å². The van der Waals surface area contributed by atoms with Crippen molar-refractivity contribution in [1.82, 2.24) is 0 Å². The average molecular weight is 398 g/mol. The van der Waals surface area contributed by atoms with Gasteiger partial charge in [-0.05, 0) is 48.0 Å². The van der Waals surface area contributed by atoms with E-state index < -0.39 is 5.97 Å². The Balaban J connectivity index is 2.04. The number of hydrogen-bond donors (Lipinski definition) is 0. The molecule has 1 aliphatic heterocycles. The van der Waals surface area contributed by atoms with Crippen LogP contribution in [0.5, 0.6) is 28.7 Å². The molecule has 0 bridgehead atoms. The van der Waals surface area contributed by atoms with E-state index in [2.05, 4.69) is 0 Å². The highest BCUT2D eigenvalue weighted by atomic mass is 16.5. The van der Waals surface area contributed by atoms with Gasteiger partial charge in [-0.2, -0.15) is 0 Å². The summed E-state index contributed by atoms with van der Waals surface area (Å²) in [4.78, 5) is 12.4. The summed E-state index contributed by atoms with van der Waals surface area (Å²) in [5.41, 5.74) is 1.69. The second-order valence-corrected chi connectivity index (χ2v) is 6.02. The number of rotatable bonds is 7. The molecule has 0 aliphatic carbocycles. The molecular formula is C22H22O7. The first-order valence-electron chi connectivity index (χ1n) is 8.72. The van der Waals surface area contributed by atoms with Gasteiger partial charge in [-0.15, -0.1) is 0 Å². The molecule has 0 spiro atoms. The first-order chi connectivity index (χ1) is 14.0. The van der Waals surface area contributed by atoms with Crippen molar-refractivity contribution in [2.45, 2.75) is 0 Å². The van der Waals surface area contributed by atoms with Crippen LogP contribution in [0, 0.1) is 0 Å². The van der Waals surface area contributed by atoms with Gasteiger partial charge in [0, 0.05) is 0 Å². The molecular weight excluding hydrogens is 376 g/mol. The highest BCUT2D eigenvalue weighted by Crippen LogP contribution is 2.40. The summed E-state index contributed by atoms with van der Waals surface area (Å²) in [6, 6.07) is 8.77. The van der Waals surface area contributed by atoms with Crippen LogP contribution in [0.4, 0.5) is 0 Å². The quantitative estimate of drug-likeness (QED) is 0.520.